The number of Topliss-reactive ketones (excluding diaryl/α,β-unsaturated/α-hetero) is 3. The average molecular weight is 1590 g/mol. The molecule has 11 aliphatic rings. The molecular formula is C83H83Cl2N7O15S3. The van der Waals surface area contributed by atoms with E-state index in [0.29, 0.717) is 16.7 Å². The maximum Gasteiger partial charge on any atom is 0.251 e. The number of hydrazine groups is 3. The number of ketones is 3. The second-order valence-corrected chi connectivity index (χ2v) is 26.8. The van der Waals surface area contributed by atoms with Gasteiger partial charge in [0.05, 0.1) is 35.7 Å². The van der Waals surface area contributed by atoms with Crippen molar-refractivity contribution < 1.29 is 72.9 Å². The van der Waals surface area contributed by atoms with E-state index in [1.165, 1.54) is 30.1 Å². The summed E-state index contributed by atoms with van der Waals surface area (Å²) in [6.07, 6.45) is 14.6. The third-order valence-electron chi connectivity index (χ3n) is 19.5. The molecular weight excluding hydrogens is 1500 g/mol. The van der Waals surface area contributed by atoms with Gasteiger partial charge in [-0.15, -0.1) is 23.2 Å². The van der Waals surface area contributed by atoms with Crippen LogP contribution < -0.4 is 5.73 Å². The molecule has 0 saturated carbocycles. The van der Waals surface area contributed by atoms with E-state index in [2.05, 4.69) is 22.4 Å². The van der Waals surface area contributed by atoms with Gasteiger partial charge in [0.25, 0.3) is 35.4 Å². The van der Waals surface area contributed by atoms with E-state index < -0.39 is 54.7 Å². The summed E-state index contributed by atoms with van der Waals surface area (Å²) >= 11 is 16.9. The highest BCUT2D eigenvalue weighted by Gasteiger charge is 2.55. The second kappa shape index (κ2) is 40.2. The van der Waals surface area contributed by atoms with Crippen molar-refractivity contribution in [3.05, 3.63) is 312 Å². The molecule has 0 spiro atoms. The molecule has 4 aliphatic carbocycles. The maximum absolute atomic E-state index is 12.9. The van der Waals surface area contributed by atoms with Gasteiger partial charge in [-0.1, -0.05) is 281 Å². The number of aliphatic hydroxyl groups excluding tert-OH is 2. The molecule has 18 rings (SSSR count). The van der Waals surface area contributed by atoms with Gasteiger partial charge in [0.1, 0.15) is 63.3 Å². The molecule has 0 unspecified atom stereocenters. The molecule has 4 bridgehead atoms. The topological polar surface area (TPSA) is 276 Å². The first-order chi connectivity index (χ1) is 52.5. The van der Waals surface area contributed by atoms with Gasteiger partial charge in [0.15, 0.2) is 17.3 Å². The van der Waals surface area contributed by atoms with Crippen molar-refractivity contribution >= 4 is 112 Å². The number of hydrogen-bond donors (Lipinski definition) is 3. The second-order valence-electron chi connectivity index (χ2n) is 26.0. The maximum atomic E-state index is 12.9. The minimum absolute atomic E-state index is 0. The van der Waals surface area contributed by atoms with Crippen molar-refractivity contribution in [2.24, 2.45) is 5.73 Å². The Morgan fingerprint density at radius 3 is 1.01 bits per heavy atom. The van der Waals surface area contributed by atoms with Crippen molar-refractivity contribution in [3.63, 3.8) is 0 Å². The standard InChI is InChI=1S/2C23H20N2O5.C23H20N2O3.C12H15NO2.CH2Cl2.CH4.S2.H2S/c2*26-17(15-7-3-1-4-8-15)14-24-20(27)13-21(28)25(24)23-19-12-11-18(29-30-19)22(23)16-9-5-2-6-10-16;26-21(18-11-5-2-6-12-18)16-24-22(27)15-23(28)25(24)20-14-8-7-13-19(20)17-9-3-1-4-10-17;13-12-10(15)7-6-9(14)11(12)8-4-2-1-3-5-8;2-1-3;;1-2;/h2*1-12,18-19,22-23H,13-14H2;1-14,19-20H,15-16H2;1-7,9-12,14-15H,13H2;1H2;1H4;;1H2/t2*18-,19+,22+,23+;19-,20+;9-,10+,11+,12+;;;;/m1111..../s1. The highest BCUT2D eigenvalue weighted by Crippen LogP contribution is 2.45. The van der Waals surface area contributed by atoms with Crippen molar-refractivity contribution in [1.82, 2.24) is 30.1 Å². The Morgan fingerprint density at radius 2 is 0.664 bits per heavy atom. The Bertz CT molecular complexity index is 4310. The lowest BCUT2D eigenvalue weighted by atomic mass is 9.79. The van der Waals surface area contributed by atoms with Gasteiger partial charge in [0, 0.05) is 68.8 Å². The summed E-state index contributed by atoms with van der Waals surface area (Å²) in [4.78, 5) is 137. The number of allylic oxidation sites excluding steroid dienone is 2. The van der Waals surface area contributed by atoms with Crippen molar-refractivity contribution in [2.45, 2.75) is 111 Å². The lowest BCUT2D eigenvalue weighted by Gasteiger charge is -2.48. The van der Waals surface area contributed by atoms with Crippen LogP contribution in [0.4, 0.5) is 0 Å². The molecule has 7 aliphatic heterocycles. The van der Waals surface area contributed by atoms with Crippen LogP contribution in [0.5, 0.6) is 0 Å². The zero-order valence-corrected chi connectivity index (χ0v) is 62.7. The molecule has 4 N–H and O–H groups in total. The first-order valence-electron chi connectivity index (χ1n) is 34.8. The number of halogens is 2. The highest BCUT2D eigenvalue weighted by atomic mass is 35.5. The number of carbonyl (C=O) groups is 9. The fourth-order valence-electron chi connectivity index (χ4n) is 14.5. The number of hydrogen-bond acceptors (Lipinski definition) is 18. The molecule has 6 amide bonds. The monoisotopic (exact) mass is 1580 g/mol. The zero-order chi connectivity index (χ0) is 76.4. The zero-order valence-electron chi connectivity index (χ0n) is 58.5. The van der Waals surface area contributed by atoms with Gasteiger partial charge in [0.2, 0.25) is 0 Å². The number of alkyl halides is 2. The molecule has 22 nitrogen and oxygen atoms in total. The quantitative estimate of drug-likeness (QED) is 0.0267. The van der Waals surface area contributed by atoms with Crippen LogP contribution in [0.1, 0.15) is 104 Å². The van der Waals surface area contributed by atoms with E-state index in [0.717, 1.165) is 22.3 Å². The van der Waals surface area contributed by atoms with E-state index in [1.54, 1.807) is 84.9 Å². The largest absolute Gasteiger partial charge is 0.388 e. The van der Waals surface area contributed by atoms with E-state index in [4.69, 9.17) is 48.5 Å². The Balaban J connectivity index is 0.000000168. The number of nitrogens with zero attached hydrogens (tertiary/aromatic N) is 6. The Labute approximate surface area is 664 Å². The minimum Gasteiger partial charge on any atom is -0.388 e. The molecule has 110 heavy (non-hydrogen) atoms. The number of amides is 6. The average Bonchev–Trinajstić information content (AvgIpc) is 1.41. The SMILES string of the molecule is C.ClCCl.N[C@@H]1[C@@H](c2ccccc2)[C@H](O)C=C[C@@H]1O.O=C(CN1C(=O)CC(=O)N1[C@@H]1[C@@H](c2ccccc2)[C@H]2C=C[C@@H]1OO2)c1ccccc1.O=C(CN1C(=O)CC(=O)N1[C@@H]1[C@@H](c2ccccc2)[C@H]2C=C[C@@H]1OO2)c1ccccc1.O=C(CN1C(=O)CC(=O)N1[C@H]1C=CC=C[C@@H]1c1ccccc1)c1ccccc1.S.S=S. The van der Waals surface area contributed by atoms with Crippen LogP contribution in [-0.4, -0.2) is 179 Å². The van der Waals surface area contributed by atoms with Gasteiger partial charge in [-0.25, -0.2) is 49.6 Å². The molecule has 5 fully saturated rings. The number of rotatable bonds is 16. The Morgan fingerprint density at radius 1 is 0.382 bits per heavy atom. The number of aliphatic hydroxyl groups is 2. The predicted octanol–water partition coefficient (Wildman–Crippen LogP) is 10.2. The summed E-state index contributed by atoms with van der Waals surface area (Å²) in [6, 6.07) is 63.4. The van der Waals surface area contributed by atoms with Gasteiger partial charge >= 0.3 is 0 Å². The summed E-state index contributed by atoms with van der Waals surface area (Å²) in [7, 11) is 0. The normalized spacial score (nSPS) is 25.6. The summed E-state index contributed by atoms with van der Waals surface area (Å²) in [6.45, 7) is -0.548. The molecule has 0 aromatic heterocycles. The molecule has 5 saturated heterocycles. The fraction of sp³-hybridized carbons (Fsp3) is 0.265. The molecule has 7 aromatic rings. The minimum atomic E-state index is -0.682. The van der Waals surface area contributed by atoms with E-state index in [1.807, 2.05) is 188 Å². The van der Waals surface area contributed by atoms with E-state index in [9.17, 15) is 53.4 Å². The van der Waals surface area contributed by atoms with Crippen LogP contribution in [0.25, 0.3) is 0 Å². The van der Waals surface area contributed by atoms with Gasteiger partial charge in [-0.2, -0.15) is 13.5 Å². The van der Waals surface area contributed by atoms with Crippen molar-refractivity contribution in [1.29, 1.82) is 0 Å². The van der Waals surface area contributed by atoms with E-state index in [-0.39, 0.29) is 148 Å². The number of nitrogens with two attached hydrogens (primary N) is 1. The molecule has 7 heterocycles. The van der Waals surface area contributed by atoms with Crippen LogP contribution in [0.3, 0.4) is 0 Å². The molecule has 27 heteroatoms. The van der Waals surface area contributed by atoms with Gasteiger partial charge in [-0.3, -0.25) is 43.2 Å². The fourth-order valence-corrected chi connectivity index (χ4v) is 14.5. The summed E-state index contributed by atoms with van der Waals surface area (Å²) in [5, 5.41) is 27.8. The number of fused-ring (bicyclic) bond motifs is 4. The number of carbonyl (C=O) groups excluding carboxylic acids is 9. The predicted molar refractivity (Wildman–Crippen MR) is 424 cm³/mol. The molecule has 14 atom stereocenters. The molecule has 0 radical (unpaired) electrons. The lowest BCUT2D eigenvalue weighted by Crippen LogP contribution is -2.61. The summed E-state index contributed by atoms with van der Waals surface area (Å²) < 4.78 is 0. The Kier molecular flexibility index (Phi) is 30.8. The van der Waals surface area contributed by atoms with Crippen LogP contribution in [0.15, 0.2) is 273 Å². The molecule has 572 valence electrons. The third-order valence-corrected chi connectivity index (χ3v) is 19.5. The van der Waals surface area contributed by atoms with Gasteiger partial charge in [-0.05, 0) is 22.3 Å². The van der Waals surface area contributed by atoms with Crippen LogP contribution in [0, 0.1) is 0 Å². The van der Waals surface area contributed by atoms with Crippen LogP contribution in [0.2, 0.25) is 0 Å². The lowest BCUT2D eigenvalue weighted by molar-refractivity contribution is -0.381. The first-order valence-corrected chi connectivity index (χ1v) is 37.2. The van der Waals surface area contributed by atoms with Crippen LogP contribution >= 0.6 is 36.7 Å². The summed E-state index contributed by atoms with van der Waals surface area (Å²) in [5.74, 6) is -3.49. The Hall–Kier alpha value is -9.84. The highest BCUT2D eigenvalue weighted by molar-refractivity contribution is 8.07. The van der Waals surface area contributed by atoms with Crippen molar-refractivity contribution in [2.75, 3.05) is 25.0 Å². The molecule has 7 aromatic carbocycles. The summed E-state index contributed by atoms with van der Waals surface area (Å²) in [5.41, 5.74) is 11.4. The third kappa shape index (κ3) is 19.5. The van der Waals surface area contributed by atoms with Crippen molar-refractivity contribution in [3.8, 4) is 0 Å². The smallest absolute Gasteiger partial charge is 0.251 e. The number of benzene rings is 7. The van der Waals surface area contributed by atoms with Crippen LogP contribution in [-0.2, 0) is 70.7 Å². The van der Waals surface area contributed by atoms with E-state index >= 15 is 0 Å². The van der Waals surface area contributed by atoms with Gasteiger partial charge < -0.3 is 15.9 Å². The first kappa shape index (κ1) is 84.2.